The van der Waals surface area contributed by atoms with Gasteiger partial charge in [-0.1, -0.05) is 24.3 Å². The maximum atomic E-state index is 12.0. The monoisotopic (exact) mass is 617 g/mol. The summed E-state index contributed by atoms with van der Waals surface area (Å²) in [5.74, 6) is -0.871. The van der Waals surface area contributed by atoms with Crippen molar-refractivity contribution in [3.8, 4) is 5.75 Å². The molecule has 0 bridgehead atoms. The fourth-order valence-corrected chi connectivity index (χ4v) is 4.58. The van der Waals surface area contributed by atoms with Gasteiger partial charge in [0.15, 0.2) is 5.75 Å². The molecular weight excluding hydrogens is 602 g/mol. The summed E-state index contributed by atoms with van der Waals surface area (Å²) in [6.07, 6.45) is 0. The minimum Gasteiger partial charge on any atom is -0.870 e. The van der Waals surface area contributed by atoms with Gasteiger partial charge in [-0.2, -0.15) is 10.2 Å². The number of hydrogen-bond donors (Lipinski definition) is 2. The van der Waals surface area contributed by atoms with Crippen LogP contribution in [0, 0.1) is 10.1 Å². The van der Waals surface area contributed by atoms with Gasteiger partial charge in [-0.05, 0) is 46.8 Å². The number of nitrogens with zero attached hydrogens (tertiary/aromatic N) is 5. The van der Waals surface area contributed by atoms with E-state index in [2.05, 4.69) is 20.5 Å². The van der Waals surface area contributed by atoms with Crippen LogP contribution in [0.15, 0.2) is 97.0 Å². The van der Waals surface area contributed by atoms with Crippen LogP contribution in [-0.2, 0) is 21.2 Å². The van der Waals surface area contributed by atoms with Crippen molar-refractivity contribution in [2.75, 3.05) is 5.73 Å². The standard InChI is InChI=1S/C22H16N6O8S2.2Na.H2O/c23-19-18-12(9-16(37(32)33)20(19)26-25-14-7-4-8-15(11-14)28(30)31)10-17(38(34,35)36)21(22(18)29)27-24-13-5-2-1-3-6-13;;;/h1-11,29H,23H2,(H,32,33)(H,34,35,36);;;1H2/q;2*+1;/p-3. The number of azo groups is 2. The number of rotatable bonds is 7. The van der Waals surface area contributed by atoms with E-state index in [1.807, 2.05) is 0 Å². The van der Waals surface area contributed by atoms with Gasteiger partial charge >= 0.3 is 59.1 Å². The number of nitro benzene ring substituents is 1. The summed E-state index contributed by atoms with van der Waals surface area (Å²) in [6.45, 7) is 0. The van der Waals surface area contributed by atoms with Gasteiger partial charge in [0.1, 0.15) is 21.5 Å². The molecule has 0 spiro atoms. The van der Waals surface area contributed by atoms with E-state index >= 15 is 0 Å². The van der Waals surface area contributed by atoms with Gasteiger partial charge in [0.25, 0.3) is 5.69 Å². The average molecular weight is 618 g/mol. The van der Waals surface area contributed by atoms with Gasteiger partial charge in [0.2, 0.25) is 0 Å². The molecule has 0 radical (unpaired) electrons. The summed E-state index contributed by atoms with van der Waals surface area (Å²) in [7, 11) is -5.22. The largest absolute Gasteiger partial charge is 1.00 e. The van der Waals surface area contributed by atoms with Crippen molar-refractivity contribution in [3.63, 3.8) is 0 Å². The summed E-state index contributed by atoms with van der Waals surface area (Å²) in [5.41, 5.74) is 4.50. The smallest absolute Gasteiger partial charge is 0.870 e. The SMILES string of the molecule is Nc1c(N=Nc2cccc([N+](=O)[O-])c2)c(S(=O)[O-])cc2cc(S(=O)(=O)[O-])c(N=Nc3ccccc3)c(O)c12.[Na+].[Na+].[OH-]. The molecule has 41 heavy (non-hydrogen) atoms. The van der Waals surface area contributed by atoms with E-state index in [9.17, 15) is 37.0 Å². The predicted octanol–water partition coefficient (Wildman–Crippen LogP) is -1.16. The van der Waals surface area contributed by atoms with Crippen LogP contribution in [0.3, 0.4) is 0 Å². The fourth-order valence-electron chi connectivity index (χ4n) is 3.41. The molecule has 0 fully saturated rings. The Kier molecular flexibility index (Phi) is 13.3. The van der Waals surface area contributed by atoms with Crippen LogP contribution in [0.1, 0.15) is 0 Å². The first-order chi connectivity index (χ1) is 18.0. The molecule has 4 N–H and O–H groups in total. The summed E-state index contributed by atoms with van der Waals surface area (Å²) in [5, 5.41) is 36.7. The van der Waals surface area contributed by atoms with Gasteiger partial charge in [0.05, 0.1) is 37.2 Å². The molecule has 1 unspecified atom stereocenters. The number of phenolic OH excluding ortho intramolecular Hbond substituents is 1. The topological polar surface area (TPSA) is 266 Å². The van der Waals surface area contributed by atoms with Crippen molar-refractivity contribution in [1.29, 1.82) is 0 Å². The van der Waals surface area contributed by atoms with E-state index in [4.69, 9.17) is 5.73 Å². The second kappa shape index (κ2) is 15.0. The number of anilines is 1. The van der Waals surface area contributed by atoms with Crippen molar-refractivity contribution in [2.45, 2.75) is 9.79 Å². The molecule has 4 rings (SSSR count). The van der Waals surface area contributed by atoms with Crippen molar-refractivity contribution < 1.29 is 96.4 Å². The summed E-state index contributed by atoms with van der Waals surface area (Å²) < 4.78 is 59.8. The first-order valence-corrected chi connectivity index (χ1v) is 12.8. The van der Waals surface area contributed by atoms with Crippen molar-refractivity contribution in [2.24, 2.45) is 20.5 Å². The second-order valence-electron chi connectivity index (χ2n) is 7.51. The molecule has 4 aromatic carbocycles. The predicted molar refractivity (Wildman–Crippen MR) is 135 cm³/mol. The molecule has 0 saturated carbocycles. The number of phenols is 1. The van der Waals surface area contributed by atoms with Crippen molar-refractivity contribution in [1.82, 2.24) is 0 Å². The molecule has 1 atom stereocenters. The molecular formula is C22H15N6Na2O9S2-. The van der Waals surface area contributed by atoms with Crippen LogP contribution in [0.4, 0.5) is 34.1 Å². The third-order valence-corrected chi connectivity index (χ3v) is 6.61. The Bertz CT molecular complexity index is 1790. The minimum atomic E-state index is -5.22. The molecule has 0 amide bonds. The van der Waals surface area contributed by atoms with Crippen LogP contribution < -0.4 is 64.8 Å². The number of aromatic hydroxyl groups is 1. The normalized spacial score (nSPS) is 12.0. The van der Waals surface area contributed by atoms with Gasteiger partial charge in [-0.3, -0.25) is 14.3 Å². The molecule has 0 aliphatic heterocycles. The minimum absolute atomic E-state index is 0. The molecule has 0 heterocycles. The van der Waals surface area contributed by atoms with E-state index in [0.29, 0.717) is 0 Å². The van der Waals surface area contributed by atoms with Crippen LogP contribution in [-0.4, -0.2) is 37.2 Å². The zero-order chi connectivity index (χ0) is 27.6. The van der Waals surface area contributed by atoms with E-state index in [-0.39, 0.29) is 92.4 Å². The van der Waals surface area contributed by atoms with Crippen LogP contribution >= 0.6 is 0 Å². The van der Waals surface area contributed by atoms with E-state index < -0.39 is 58.7 Å². The molecule has 0 saturated heterocycles. The molecule has 15 nitrogen and oxygen atoms in total. The van der Waals surface area contributed by atoms with Gasteiger partial charge in [0, 0.05) is 12.1 Å². The Morgan fingerprint density at radius 3 is 2.05 bits per heavy atom. The average Bonchev–Trinajstić information content (AvgIpc) is 2.87. The quantitative estimate of drug-likeness (QED) is 0.0477. The zero-order valence-corrected chi connectivity index (χ0v) is 26.9. The first kappa shape index (κ1) is 36.3. The van der Waals surface area contributed by atoms with E-state index in [1.165, 1.54) is 30.3 Å². The van der Waals surface area contributed by atoms with Crippen LogP contribution in [0.25, 0.3) is 10.8 Å². The number of hydrogen-bond acceptors (Lipinski definition) is 14. The third-order valence-electron chi connectivity index (χ3n) is 5.09. The van der Waals surface area contributed by atoms with Crippen molar-refractivity contribution >= 4 is 66.1 Å². The Morgan fingerprint density at radius 1 is 0.878 bits per heavy atom. The fraction of sp³-hybridized carbons (Fsp3) is 0. The number of nitrogens with two attached hydrogens (primary N) is 1. The molecule has 0 aliphatic rings. The number of nitro groups is 1. The second-order valence-corrected chi connectivity index (χ2v) is 9.77. The maximum absolute atomic E-state index is 12.0. The summed E-state index contributed by atoms with van der Waals surface area (Å²) in [6, 6.07) is 14.8. The Hall–Kier alpha value is -2.68. The Balaban J connectivity index is 0.00000280. The maximum Gasteiger partial charge on any atom is 1.00 e. The van der Waals surface area contributed by atoms with Gasteiger partial charge in [-0.25, -0.2) is 8.42 Å². The molecule has 4 aromatic rings. The molecule has 202 valence electrons. The van der Waals surface area contributed by atoms with E-state index in [0.717, 1.165) is 18.2 Å². The third kappa shape index (κ3) is 8.21. The first-order valence-electron chi connectivity index (χ1n) is 10.3. The van der Waals surface area contributed by atoms with Crippen LogP contribution in [0.5, 0.6) is 5.75 Å². The molecule has 0 aliphatic carbocycles. The number of benzene rings is 4. The van der Waals surface area contributed by atoms with Gasteiger partial charge in [-0.15, -0.1) is 10.2 Å². The van der Waals surface area contributed by atoms with Crippen molar-refractivity contribution in [3.05, 3.63) is 76.8 Å². The Morgan fingerprint density at radius 2 is 1.46 bits per heavy atom. The molecule has 19 heteroatoms. The number of fused-ring (bicyclic) bond motifs is 1. The summed E-state index contributed by atoms with van der Waals surface area (Å²) in [4.78, 5) is 8.84. The number of non-ortho nitro benzene ring substituents is 1. The molecule has 0 aromatic heterocycles. The number of nitrogen functional groups attached to an aromatic ring is 1. The Labute approximate surface area is 278 Å². The summed E-state index contributed by atoms with van der Waals surface area (Å²) >= 11 is -2.99. The zero-order valence-electron chi connectivity index (χ0n) is 21.2. The van der Waals surface area contributed by atoms with Gasteiger partial charge < -0.3 is 25.4 Å². The van der Waals surface area contributed by atoms with E-state index in [1.54, 1.807) is 18.2 Å². The van der Waals surface area contributed by atoms with Crippen LogP contribution in [0.2, 0.25) is 0 Å².